The van der Waals surface area contributed by atoms with Crippen LogP contribution in [0.2, 0.25) is 0 Å². The van der Waals surface area contributed by atoms with E-state index in [1.807, 2.05) is 25.1 Å². The zero-order chi connectivity index (χ0) is 9.84. The van der Waals surface area contributed by atoms with Gasteiger partial charge in [0.15, 0.2) is 0 Å². The molecule has 0 aliphatic rings. The molecular weight excluding hydrogens is 230 g/mol. The minimum absolute atomic E-state index is 0.434. The van der Waals surface area contributed by atoms with Gasteiger partial charge in [-0.2, -0.15) is 0 Å². The van der Waals surface area contributed by atoms with Crippen molar-refractivity contribution in [1.29, 1.82) is 0 Å². The van der Waals surface area contributed by atoms with Gasteiger partial charge in [-0.25, -0.2) is 0 Å². The molecule has 0 heterocycles. The van der Waals surface area contributed by atoms with Crippen molar-refractivity contribution in [1.82, 2.24) is 0 Å². The van der Waals surface area contributed by atoms with Crippen molar-refractivity contribution in [2.45, 2.75) is 19.4 Å². The van der Waals surface area contributed by atoms with E-state index in [0.717, 1.165) is 15.6 Å². The molecule has 0 radical (unpaired) electrons. The van der Waals surface area contributed by atoms with E-state index in [1.54, 1.807) is 0 Å². The van der Waals surface area contributed by atoms with Gasteiger partial charge >= 0.3 is 0 Å². The number of hydrogen-bond donors (Lipinski definition) is 2. The first-order chi connectivity index (χ1) is 6.15. The molecule has 0 spiro atoms. The van der Waals surface area contributed by atoms with Crippen LogP contribution < -0.4 is 5.73 Å². The fraction of sp³-hybridized carbons (Fsp3) is 0.400. The molecule has 1 aromatic carbocycles. The van der Waals surface area contributed by atoms with Crippen molar-refractivity contribution in [2.75, 3.05) is 6.54 Å². The van der Waals surface area contributed by atoms with Crippen LogP contribution in [0.3, 0.4) is 0 Å². The molecule has 0 aliphatic heterocycles. The first-order valence-electron chi connectivity index (χ1n) is 4.29. The lowest BCUT2D eigenvalue weighted by Crippen LogP contribution is -2.06. The average Bonchev–Trinajstić information content (AvgIpc) is 2.10. The SMILES string of the molecule is Cc1cc([C@H](O)CCN)ccc1Br. The maximum Gasteiger partial charge on any atom is 0.0802 e. The molecule has 1 aromatic rings. The van der Waals surface area contributed by atoms with Crippen LogP contribution in [-0.2, 0) is 0 Å². The summed E-state index contributed by atoms with van der Waals surface area (Å²) in [6.45, 7) is 2.51. The quantitative estimate of drug-likeness (QED) is 0.855. The normalized spacial score (nSPS) is 12.9. The van der Waals surface area contributed by atoms with E-state index >= 15 is 0 Å². The molecule has 0 saturated heterocycles. The van der Waals surface area contributed by atoms with Gasteiger partial charge in [0.25, 0.3) is 0 Å². The number of hydrogen-bond acceptors (Lipinski definition) is 2. The maximum absolute atomic E-state index is 9.64. The number of benzene rings is 1. The number of nitrogens with two attached hydrogens (primary N) is 1. The molecular formula is C10H14BrNO. The molecule has 1 rings (SSSR count). The second-order valence-electron chi connectivity index (χ2n) is 3.10. The zero-order valence-electron chi connectivity index (χ0n) is 7.63. The Morgan fingerprint density at radius 3 is 2.77 bits per heavy atom. The third-order valence-electron chi connectivity index (χ3n) is 2.01. The standard InChI is InChI=1S/C10H14BrNO/c1-7-6-8(2-3-9(7)11)10(13)4-5-12/h2-3,6,10,13H,4-5,12H2,1H3/t10-/m1/s1. The Labute approximate surface area is 86.9 Å². The van der Waals surface area contributed by atoms with Gasteiger partial charge in [0, 0.05) is 4.47 Å². The first kappa shape index (κ1) is 10.7. The molecule has 0 aliphatic carbocycles. The summed E-state index contributed by atoms with van der Waals surface area (Å²) < 4.78 is 1.07. The summed E-state index contributed by atoms with van der Waals surface area (Å²) >= 11 is 3.41. The Hall–Kier alpha value is -0.380. The van der Waals surface area contributed by atoms with Crippen molar-refractivity contribution in [3.05, 3.63) is 33.8 Å². The number of rotatable bonds is 3. The van der Waals surface area contributed by atoms with Crippen molar-refractivity contribution >= 4 is 15.9 Å². The summed E-state index contributed by atoms with van der Waals surface area (Å²) in [6.07, 6.45) is 0.179. The van der Waals surface area contributed by atoms with Gasteiger partial charge in [0.1, 0.15) is 0 Å². The lowest BCUT2D eigenvalue weighted by Gasteiger charge is -2.10. The molecule has 3 heteroatoms. The van der Waals surface area contributed by atoms with Crippen molar-refractivity contribution in [3.63, 3.8) is 0 Å². The van der Waals surface area contributed by atoms with Gasteiger partial charge in [-0.05, 0) is 37.1 Å². The number of aryl methyl sites for hydroxylation is 1. The molecule has 72 valence electrons. The number of halogens is 1. The third-order valence-corrected chi connectivity index (χ3v) is 2.90. The van der Waals surface area contributed by atoms with E-state index in [2.05, 4.69) is 15.9 Å². The average molecular weight is 244 g/mol. The monoisotopic (exact) mass is 243 g/mol. The summed E-state index contributed by atoms with van der Waals surface area (Å²) in [5, 5.41) is 9.64. The van der Waals surface area contributed by atoms with E-state index in [-0.39, 0.29) is 0 Å². The van der Waals surface area contributed by atoms with Crippen LogP contribution in [0.1, 0.15) is 23.7 Å². The third kappa shape index (κ3) is 2.79. The largest absolute Gasteiger partial charge is 0.388 e. The highest BCUT2D eigenvalue weighted by atomic mass is 79.9. The van der Waals surface area contributed by atoms with E-state index in [1.165, 1.54) is 0 Å². The molecule has 2 nitrogen and oxygen atoms in total. The van der Waals surface area contributed by atoms with Gasteiger partial charge in [-0.3, -0.25) is 0 Å². The minimum atomic E-state index is -0.434. The lowest BCUT2D eigenvalue weighted by atomic mass is 10.0. The molecule has 3 N–H and O–H groups in total. The first-order valence-corrected chi connectivity index (χ1v) is 5.08. The van der Waals surface area contributed by atoms with Crippen LogP contribution in [0.15, 0.2) is 22.7 Å². The van der Waals surface area contributed by atoms with Crippen molar-refractivity contribution < 1.29 is 5.11 Å². The van der Waals surface area contributed by atoms with E-state index < -0.39 is 6.10 Å². The second kappa shape index (κ2) is 4.74. The van der Waals surface area contributed by atoms with Crippen LogP contribution in [0, 0.1) is 6.92 Å². The van der Waals surface area contributed by atoms with Crippen molar-refractivity contribution in [2.24, 2.45) is 5.73 Å². The smallest absolute Gasteiger partial charge is 0.0802 e. The minimum Gasteiger partial charge on any atom is -0.388 e. The van der Waals surface area contributed by atoms with Crippen LogP contribution in [-0.4, -0.2) is 11.7 Å². The fourth-order valence-corrected chi connectivity index (χ4v) is 1.45. The topological polar surface area (TPSA) is 46.2 Å². The molecule has 0 amide bonds. The molecule has 0 bridgehead atoms. The Balaban J connectivity index is 2.84. The Bertz CT molecular complexity index is 288. The molecule has 13 heavy (non-hydrogen) atoms. The molecule has 0 aromatic heterocycles. The van der Waals surface area contributed by atoms with Crippen LogP contribution >= 0.6 is 15.9 Å². The van der Waals surface area contributed by atoms with Crippen LogP contribution in [0.25, 0.3) is 0 Å². The van der Waals surface area contributed by atoms with E-state index in [0.29, 0.717) is 13.0 Å². The predicted octanol–water partition coefficient (Wildman–Crippen LogP) is 2.14. The highest BCUT2D eigenvalue weighted by Gasteiger charge is 2.06. The van der Waals surface area contributed by atoms with Crippen molar-refractivity contribution in [3.8, 4) is 0 Å². The summed E-state index contributed by atoms with van der Waals surface area (Å²) in [6, 6.07) is 5.84. The fourth-order valence-electron chi connectivity index (χ4n) is 1.20. The Kier molecular flexibility index (Phi) is 3.90. The van der Waals surface area contributed by atoms with Gasteiger partial charge in [-0.15, -0.1) is 0 Å². The summed E-state index contributed by atoms with van der Waals surface area (Å²) in [5.74, 6) is 0. The van der Waals surface area contributed by atoms with E-state index in [4.69, 9.17) is 5.73 Å². The predicted molar refractivity (Wildman–Crippen MR) is 57.5 cm³/mol. The lowest BCUT2D eigenvalue weighted by molar-refractivity contribution is 0.170. The second-order valence-corrected chi connectivity index (χ2v) is 3.96. The Morgan fingerprint density at radius 2 is 2.23 bits per heavy atom. The zero-order valence-corrected chi connectivity index (χ0v) is 9.21. The summed E-state index contributed by atoms with van der Waals surface area (Å²) in [5.41, 5.74) is 7.43. The Morgan fingerprint density at radius 1 is 1.54 bits per heavy atom. The molecule has 1 atom stereocenters. The van der Waals surface area contributed by atoms with Crippen LogP contribution in [0.5, 0.6) is 0 Å². The van der Waals surface area contributed by atoms with Gasteiger partial charge in [0.05, 0.1) is 6.10 Å². The van der Waals surface area contributed by atoms with E-state index in [9.17, 15) is 5.11 Å². The van der Waals surface area contributed by atoms with Gasteiger partial charge < -0.3 is 10.8 Å². The van der Waals surface area contributed by atoms with Gasteiger partial charge in [0.2, 0.25) is 0 Å². The summed E-state index contributed by atoms with van der Waals surface area (Å²) in [4.78, 5) is 0. The van der Waals surface area contributed by atoms with Crippen LogP contribution in [0.4, 0.5) is 0 Å². The molecule has 0 saturated carbocycles. The highest BCUT2D eigenvalue weighted by Crippen LogP contribution is 2.22. The highest BCUT2D eigenvalue weighted by molar-refractivity contribution is 9.10. The number of aliphatic hydroxyl groups is 1. The molecule has 0 unspecified atom stereocenters. The number of aliphatic hydroxyl groups excluding tert-OH is 1. The summed E-state index contributed by atoms with van der Waals surface area (Å²) in [7, 11) is 0. The maximum atomic E-state index is 9.64. The molecule has 0 fully saturated rings. The van der Waals surface area contributed by atoms with Gasteiger partial charge in [-0.1, -0.05) is 28.1 Å².